The smallest absolute Gasteiger partial charge is 0.296 e. The Labute approximate surface area is 408 Å². The number of ether oxygens (including phenoxy) is 6. The Balaban J connectivity index is 1.70. The topological polar surface area (TPSA) is 167 Å². The number of ketones is 3. The summed E-state index contributed by atoms with van der Waals surface area (Å²) in [5.74, 6) is -4.97. The van der Waals surface area contributed by atoms with E-state index in [4.69, 9.17) is 28.4 Å². The molecule has 2 saturated heterocycles. The molecule has 2 N–H and O–H groups in total. The molecule has 1 amide bonds. The molecule has 1 saturated carbocycles. The minimum absolute atomic E-state index is 0.0425. The lowest BCUT2D eigenvalue weighted by molar-refractivity contribution is -0.265. The highest BCUT2D eigenvalue weighted by molar-refractivity contribution is 6.38. The number of nitrogens with zero attached hydrogens (tertiary/aromatic N) is 1. The first-order valence-electron chi connectivity index (χ1n) is 25.8. The summed E-state index contributed by atoms with van der Waals surface area (Å²) >= 11 is 0. The van der Waals surface area contributed by atoms with Gasteiger partial charge < -0.3 is 43.5 Å². The Bertz CT molecular complexity index is 1760. The Morgan fingerprint density at radius 3 is 2.26 bits per heavy atom. The summed E-state index contributed by atoms with van der Waals surface area (Å²) < 4.78 is 36.8. The van der Waals surface area contributed by atoms with Crippen LogP contribution in [0.15, 0.2) is 47.6 Å². The van der Waals surface area contributed by atoms with Crippen LogP contribution in [-0.2, 0) is 47.6 Å². The first-order chi connectivity index (χ1) is 32.3. The van der Waals surface area contributed by atoms with Crippen molar-refractivity contribution in [2.45, 2.75) is 194 Å². The van der Waals surface area contributed by atoms with Gasteiger partial charge in [0.15, 0.2) is 11.6 Å². The minimum Gasteiger partial charge on any atom is -0.394 e. The highest BCUT2D eigenvalue weighted by Crippen LogP contribution is 2.38. The third kappa shape index (κ3) is 15.6. The molecule has 13 nitrogen and oxygen atoms in total. The third-order valence-corrected chi connectivity index (χ3v) is 15.8. The van der Waals surface area contributed by atoms with Gasteiger partial charge in [-0.25, -0.2) is 0 Å². The molecule has 386 valence electrons. The molecule has 1 aliphatic carbocycles. The van der Waals surface area contributed by atoms with E-state index in [1.807, 2.05) is 71.9 Å². The number of allylic oxidation sites excluding steroid dienone is 7. The molecule has 0 aromatic rings. The zero-order valence-electron chi connectivity index (χ0n) is 43.7. The normalized spacial score (nSPS) is 37.9. The monoisotopic (exact) mass is 956 g/mol. The summed E-state index contributed by atoms with van der Waals surface area (Å²) in [4.78, 5) is 58.7. The van der Waals surface area contributed by atoms with E-state index in [2.05, 4.69) is 19.9 Å². The number of hydrogen-bond donors (Lipinski definition) is 2. The second-order valence-corrected chi connectivity index (χ2v) is 21.0. The van der Waals surface area contributed by atoms with Crippen LogP contribution in [0.2, 0.25) is 0 Å². The van der Waals surface area contributed by atoms with Crippen LogP contribution in [0.25, 0.3) is 0 Å². The predicted molar refractivity (Wildman–Crippen MR) is 264 cm³/mol. The van der Waals surface area contributed by atoms with Crippen LogP contribution in [0, 0.1) is 41.4 Å². The number of Topliss-reactive ketones (excluding diaryl/α,β-unsaturated/α-hetero) is 3. The van der Waals surface area contributed by atoms with E-state index in [1.165, 1.54) is 0 Å². The van der Waals surface area contributed by atoms with Crippen LogP contribution in [0.1, 0.15) is 139 Å². The maximum absolute atomic E-state index is 14.5. The van der Waals surface area contributed by atoms with Gasteiger partial charge in [-0.2, -0.15) is 0 Å². The van der Waals surface area contributed by atoms with Crippen molar-refractivity contribution in [3.05, 3.63) is 47.6 Å². The lowest BCUT2D eigenvalue weighted by Crippen LogP contribution is -2.61. The van der Waals surface area contributed by atoms with Gasteiger partial charge in [0.05, 0.1) is 55.9 Å². The highest BCUT2D eigenvalue weighted by atomic mass is 16.6. The summed E-state index contributed by atoms with van der Waals surface area (Å²) in [7, 11) is 4.89. The van der Waals surface area contributed by atoms with Gasteiger partial charge in [0.25, 0.3) is 11.7 Å². The summed E-state index contributed by atoms with van der Waals surface area (Å²) in [6, 6.07) is -0.476. The van der Waals surface area contributed by atoms with Gasteiger partial charge in [0.2, 0.25) is 5.79 Å². The number of amides is 1. The first-order valence-corrected chi connectivity index (χ1v) is 25.8. The van der Waals surface area contributed by atoms with Crippen LogP contribution in [0.5, 0.6) is 0 Å². The lowest BCUT2D eigenvalue weighted by Gasteiger charge is -2.44. The van der Waals surface area contributed by atoms with Gasteiger partial charge in [-0.05, 0) is 126 Å². The number of carbonyl (C=O) groups excluding carboxylic acids is 4. The molecule has 2 bridgehead atoms. The number of piperidine rings is 1. The van der Waals surface area contributed by atoms with Crippen LogP contribution in [-0.4, -0.2) is 134 Å². The second kappa shape index (κ2) is 27.7. The molecular formula is C55H89NO12. The number of hydrogen-bond acceptors (Lipinski definition) is 12. The standard InChI is InChI=1S/C55H89NO12/c1-34-18-14-13-15-19-35(2)48(63-10)32-44-23-21-40(7)55(62,68-44)53(60)54(61)56-25-17-16-20-45(56)42(9)67-49(38(5)30-43-22-24-47(66-27-26-57)50(31-43)64-11)33-46(58)37(4)29-36(3)41(8)52(65-12)51(59)39(6)28-34/h13-15,18-19,29,34,36,38-45,47-50,52,57,62H,16-17,20-28,30-33H2,1-12H3/t34-,36?,38-,39-,40-,41-,42?,43+,44?,45+,47-,48+,49?,50-,52?,55-/m1/s1. The molecule has 13 heteroatoms. The van der Waals surface area contributed by atoms with Gasteiger partial charge in [-0.3, -0.25) is 19.2 Å². The number of carbonyl (C=O) groups is 4. The maximum atomic E-state index is 14.5. The van der Waals surface area contributed by atoms with Gasteiger partial charge in [-0.15, -0.1) is 0 Å². The van der Waals surface area contributed by atoms with Crippen molar-refractivity contribution in [3.8, 4) is 0 Å². The summed E-state index contributed by atoms with van der Waals surface area (Å²) in [5.41, 5.74) is 1.52. The molecule has 0 aromatic carbocycles. The van der Waals surface area contributed by atoms with Crippen molar-refractivity contribution in [1.29, 1.82) is 0 Å². The fourth-order valence-corrected chi connectivity index (χ4v) is 11.2. The van der Waals surface area contributed by atoms with Crippen molar-refractivity contribution in [2.24, 2.45) is 41.4 Å². The Hall–Kier alpha value is -2.88. The lowest BCUT2D eigenvalue weighted by atomic mass is 9.78. The second-order valence-electron chi connectivity index (χ2n) is 21.0. The Morgan fingerprint density at radius 2 is 1.59 bits per heavy atom. The molecular weight excluding hydrogens is 867 g/mol. The summed E-state index contributed by atoms with van der Waals surface area (Å²) in [6.07, 6.45) is 16.6. The summed E-state index contributed by atoms with van der Waals surface area (Å²) in [6.45, 7) is 18.2. The van der Waals surface area contributed by atoms with E-state index >= 15 is 0 Å². The number of aliphatic hydroxyl groups is 2. The quantitative estimate of drug-likeness (QED) is 0.213. The highest BCUT2D eigenvalue weighted by Gasteiger charge is 2.53. The van der Waals surface area contributed by atoms with E-state index in [9.17, 15) is 29.4 Å². The van der Waals surface area contributed by atoms with Crippen LogP contribution in [0.3, 0.4) is 0 Å². The number of methoxy groups -OCH3 is 3. The number of rotatable bonds is 9. The fourth-order valence-electron chi connectivity index (χ4n) is 11.2. The summed E-state index contributed by atoms with van der Waals surface area (Å²) in [5, 5.41) is 21.5. The average molecular weight is 956 g/mol. The largest absolute Gasteiger partial charge is 0.394 e. The Kier molecular flexibility index (Phi) is 23.5. The van der Waals surface area contributed by atoms with Crippen molar-refractivity contribution in [3.63, 3.8) is 0 Å². The van der Waals surface area contributed by atoms with E-state index < -0.39 is 53.9 Å². The van der Waals surface area contributed by atoms with Crippen molar-refractivity contribution in [1.82, 2.24) is 4.90 Å². The van der Waals surface area contributed by atoms with Gasteiger partial charge in [0.1, 0.15) is 6.10 Å². The third-order valence-electron chi connectivity index (χ3n) is 15.8. The Morgan fingerprint density at radius 1 is 0.853 bits per heavy atom. The van der Waals surface area contributed by atoms with Crippen LogP contribution in [0.4, 0.5) is 0 Å². The molecule has 3 aliphatic heterocycles. The van der Waals surface area contributed by atoms with Crippen molar-refractivity contribution in [2.75, 3.05) is 41.1 Å². The first kappa shape index (κ1) is 57.7. The average Bonchev–Trinajstić information content (AvgIpc) is 3.32. The molecule has 3 fully saturated rings. The minimum atomic E-state index is -2.31. The van der Waals surface area contributed by atoms with Gasteiger partial charge >= 0.3 is 0 Å². The van der Waals surface area contributed by atoms with Crippen LogP contribution >= 0.6 is 0 Å². The van der Waals surface area contributed by atoms with Gasteiger partial charge in [-0.1, -0.05) is 78.0 Å². The molecule has 5 unspecified atom stereocenters. The van der Waals surface area contributed by atoms with Crippen LogP contribution < -0.4 is 0 Å². The molecule has 3 heterocycles. The van der Waals surface area contributed by atoms with Crippen molar-refractivity contribution < 1.29 is 57.8 Å². The zero-order chi connectivity index (χ0) is 50.3. The molecule has 4 rings (SSSR count). The van der Waals surface area contributed by atoms with E-state index in [0.29, 0.717) is 50.6 Å². The maximum Gasteiger partial charge on any atom is 0.296 e. The molecule has 0 aromatic heterocycles. The zero-order valence-corrected chi connectivity index (χ0v) is 43.7. The van der Waals surface area contributed by atoms with E-state index in [-0.39, 0.29) is 85.0 Å². The molecule has 68 heavy (non-hydrogen) atoms. The van der Waals surface area contributed by atoms with Crippen molar-refractivity contribution >= 4 is 23.3 Å². The van der Waals surface area contributed by atoms with E-state index in [0.717, 1.165) is 37.7 Å². The van der Waals surface area contributed by atoms with Gasteiger partial charge in [0, 0.05) is 52.6 Å². The van der Waals surface area contributed by atoms with E-state index in [1.54, 1.807) is 33.2 Å². The number of fused-ring (bicyclic) bond motifs is 3. The fraction of sp³-hybridized carbons (Fsp3) is 0.782. The molecule has 0 radical (unpaired) electrons. The SMILES string of the molecule is COC1C(=O)[C@H](C)C[C@H](C)C=CC=CC=C(C)[C@@H](OC)CC2CC[C@@H](C)[C@@](O)(O2)C(=O)C(=O)N2CCCC[C@H]2C(C)OC([C@H](C)C[C@@H]2CC[C@@H](OCCO)[C@H](OC)C2)CC(=O)C(C)=CC(C)[C@H]1C. The molecule has 0 spiro atoms. The predicted octanol–water partition coefficient (Wildman–Crippen LogP) is 8.33. The molecule has 16 atom stereocenters. The molecule has 4 aliphatic rings. The number of aliphatic hydroxyl groups excluding tert-OH is 1.